The fourth-order valence-corrected chi connectivity index (χ4v) is 2.94. The molecule has 2 heterocycles. The molecule has 0 aromatic carbocycles. The zero-order valence-corrected chi connectivity index (χ0v) is 11.5. The molecule has 0 radical (unpaired) electrons. The number of thiophene rings is 1. The monoisotopic (exact) mass is 329 g/mol. The van der Waals surface area contributed by atoms with Crippen LogP contribution in [0.4, 0.5) is 0 Å². The number of hydrogen-bond donors (Lipinski definition) is 0. The summed E-state index contributed by atoms with van der Waals surface area (Å²) in [5, 5.41) is 2.23. The summed E-state index contributed by atoms with van der Waals surface area (Å²) in [4.78, 5) is 4.50. The predicted molar refractivity (Wildman–Crippen MR) is 73.4 cm³/mol. The van der Waals surface area contributed by atoms with Crippen molar-refractivity contribution in [3.05, 3.63) is 49.5 Å². The number of pyridine rings is 1. The van der Waals surface area contributed by atoms with Crippen LogP contribution in [0.25, 0.3) is 0 Å². The maximum atomic E-state index is 4.50. The SMILES string of the molecule is Cc1cccc(CCc2csc(I)c2)n1. The molecule has 0 aliphatic heterocycles. The molecule has 78 valence electrons. The fraction of sp³-hybridized carbons (Fsp3) is 0.250. The molecular weight excluding hydrogens is 317 g/mol. The van der Waals surface area contributed by atoms with E-state index in [1.807, 2.05) is 24.3 Å². The van der Waals surface area contributed by atoms with Crippen molar-refractivity contribution in [1.82, 2.24) is 4.98 Å². The Morgan fingerprint density at radius 2 is 2.20 bits per heavy atom. The molecule has 0 aliphatic rings. The summed E-state index contributed by atoms with van der Waals surface area (Å²) in [6.07, 6.45) is 2.13. The van der Waals surface area contributed by atoms with E-state index in [1.165, 1.54) is 14.1 Å². The lowest BCUT2D eigenvalue weighted by Crippen LogP contribution is -1.94. The van der Waals surface area contributed by atoms with Gasteiger partial charge in [-0.15, -0.1) is 11.3 Å². The molecule has 2 aromatic rings. The second-order valence-electron chi connectivity index (χ2n) is 3.53. The second kappa shape index (κ2) is 5.07. The van der Waals surface area contributed by atoms with E-state index in [9.17, 15) is 0 Å². The van der Waals surface area contributed by atoms with Crippen LogP contribution in [0, 0.1) is 9.81 Å². The van der Waals surface area contributed by atoms with Gasteiger partial charge in [-0.2, -0.15) is 0 Å². The predicted octanol–water partition coefficient (Wildman–Crippen LogP) is 3.84. The van der Waals surface area contributed by atoms with Crippen LogP contribution < -0.4 is 0 Å². The average Bonchev–Trinajstić information content (AvgIpc) is 2.62. The maximum Gasteiger partial charge on any atom is 0.0656 e. The Morgan fingerprint density at radius 1 is 1.33 bits per heavy atom. The summed E-state index contributed by atoms with van der Waals surface area (Å²) in [5.41, 5.74) is 3.72. The molecule has 2 aromatic heterocycles. The van der Waals surface area contributed by atoms with E-state index in [2.05, 4.69) is 51.2 Å². The molecule has 0 aliphatic carbocycles. The number of aryl methyl sites for hydroxylation is 3. The van der Waals surface area contributed by atoms with E-state index < -0.39 is 0 Å². The third-order valence-corrected chi connectivity index (χ3v) is 4.08. The van der Waals surface area contributed by atoms with Crippen molar-refractivity contribution in [1.29, 1.82) is 0 Å². The topological polar surface area (TPSA) is 12.9 Å². The first-order valence-corrected chi connectivity index (χ1v) is 6.85. The first kappa shape index (κ1) is 11.1. The number of aromatic nitrogens is 1. The molecule has 0 N–H and O–H groups in total. The molecule has 0 fully saturated rings. The van der Waals surface area contributed by atoms with Crippen molar-refractivity contribution in [3.8, 4) is 0 Å². The van der Waals surface area contributed by atoms with E-state index in [-0.39, 0.29) is 0 Å². The first-order chi connectivity index (χ1) is 7.24. The number of halogens is 1. The molecular formula is C12H12INS. The van der Waals surface area contributed by atoms with Crippen LogP contribution in [0.1, 0.15) is 17.0 Å². The maximum absolute atomic E-state index is 4.50. The molecule has 0 spiro atoms. The minimum absolute atomic E-state index is 1.04. The number of hydrogen-bond acceptors (Lipinski definition) is 2. The Morgan fingerprint density at radius 3 is 2.87 bits per heavy atom. The Labute approximate surface area is 108 Å². The summed E-state index contributed by atoms with van der Waals surface area (Å²) in [6, 6.07) is 8.47. The molecule has 3 heteroatoms. The van der Waals surface area contributed by atoms with Gasteiger partial charge in [-0.25, -0.2) is 0 Å². The lowest BCUT2D eigenvalue weighted by molar-refractivity contribution is 0.906. The molecule has 15 heavy (non-hydrogen) atoms. The minimum atomic E-state index is 1.04. The zero-order valence-electron chi connectivity index (χ0n) is 8.53. The van der Waals surface area contributed by atoms with Crippen LogP contribution in [0.5, 0.6) is 0 Å². The lowest BCUT2D eigenvalue weighted by atomic mass is 10.1. The van der Waals surface area contributed by atoms with Crippen LogP contribution in [0.2, 0.25) is 0 Å². The summed E-state index contributed by atoms with van der Waals surface area (Å²) in [6.45, 7) is 2.04. The molecule has 0 atom stereocenters. The van der Waals surface area contributed by atoms with Crippen LogP contribution >= 0.6 is 33.9 Å². The summed E-state index contributed by atoms with van der Waals surface area (Å²) in [5.74, 6) is 0. The van der Waals surface area contributed by atoms with Crippen LogP contribution in [-0.4, -0.2) is 4.98 Å². The van der Waals surface area contributed by atoms with Crippen LogP contribution in [0.15, 0.2) is 29.6 Å². The van der Waals surface area contributed by atoms with E-state index in [4.69, 9.17) is 0 Å². The van der Waals surface area contributed by atoms with Gasteiger partial charge in [0.15, 0.2) is 0 Å². The molecule has 0 amide bonds. The quantitative estimate of drug-likeness (QED) is 0.780. The highest BCUT2D eigenvalue weighted by Crippen LogP contribution is 2.17. The van der Waals surface area contributed by atoms with Gasteiger partial charge in [0.05, 0.1) is 2.88 Å². The minimum Gasteiger partial charge on any atom is -0.258 e. The molecule has 0 unspecified atom stereocenters. The Balaban J connectivity index is 1.99. The molecule has 0 saturated carbocycles. The third kappa shape index (κ3) is 3.28. The normalized spacial score (nSPS) is 10.5. The van der Waals surface area contributed by atoms with E-state index in [1.54, 1.807) is 0 Å². The zero-order chi connectivity index (χ0) is 10.7. The van der Waals surface area contributed by atoms with Gasteiger partial charge in [0.2, 0.25) is 0 Å². The Kier molecular flexibility index (Phi) is 3.75. The van der Waals surface area contributed by atoms with Crippen molar-refractivity contribution in [2.75, 3.05) is 0 Å². The van der Waals surface area contributed by atoms with Gasteiger partial charge in [-0.1, -0.05) is 6.07 Å². The van der Waals surface area contributed by atoms with E-state index in [0.717, 1.165) is 18.5 Å². The van der Waals surface area contributed by atoms with E-state index in [0.29, 0.717) is 0 Å². The fourth-order valence-electron chi connectivity index (χ4n) is 1.49. The van der Waals surface area contributed by atoms with Gasteiger partial charge in [0.25, 0.3) is 0 Å². The van der Waals surface area contributed by atoms with Crippen molar-refractivity contribution < 1.29 is 0 Å². The van der Waals surface area contributed by atoms with Gasteiger partial charge < -0.3 is 0 Å². The largest absolute Gasteiger partial charge is 0.258 e. The Bertz CT molecular complexity index is 450. The van der Waals surface area contributed by atoms with Gasteiger partial charge in [0.1, 0.15) is 0 Å². The third-order valence-electron chi connectivity index (χ3n) is 2.24. The van der Waals surface area contributed by atoms with Crippen molar-refractivity contribution in [2.24, 2.45) is 0 Å². The highest BCUT2D eigenvalue weighted by Gasteiger charge is 1.99. The molecule has 2 rings (SSSR count). The number of rotatable bonds is 3. The summed E-state index contributed by atoms with van der Waals surface area (Å²) < 4.78 is 1.36. The average molecular weight is 329 g/mol. The van der Waals surface area contributed by atoms with Gasteiger partial charge in [0, 0.05) is 11.4 Å². The second-order valence-corrected chi connectivity index (χ2v) is 6.33. The van der Waals surface area contributed by atoms with Crippen LogP contribution in [0.3, 0.4) is 0 Å². The number of nitrogens with zero attached hydrogens (tertiary/aromatic N) is 1. The van der Waals surface area contributed by atoms with Gasteiger partial charge in [-0.05, 0) is 71.5 Å². The highest BCUT2D eigenvalue weighted by molar-refractivity contribution is 14.1. The Hall–Kier alpha value is -0.420. The highest BCUT2D eigenvalue weighted by atomic mass is 127. The first-order valence-electron chi connectivity index (χ1n) is 4.89. The molecule has 0 saturated heterocycles. The van der Waals surface area contributed by atoms with Crippen molar-refractivity contribution >= 4 is 33.9 Å². The van der Waals surface area contributed by atoms with E-state index >= 15 is 0 Å². The summed E-state index contributed by atoms with van der Waals surface area (Å²) in [7, 11) is 0. The van der Waals surface area contributed by atoms with Gasteiger partial charge in [-0.3, -0.25) is 4.98 Å². The molecule has 0 bridgehead atoms. The van der Waals surface area contributed by atoms with Crippen molar-refractivity contribution in [3.63, 3.8) is 0 Å². The van der Waals surface area contributed by atoms with Crippen molar-refractivity contribution in [2.45, 2.75) is 19.8 Å². The van der Waals surface area contributed by atoms with Crippen LogP contribution in [-0.2, 0) is 12.8 Å². The lowest BCUT2D eigenvalue weighted by Gasteiger charge is -2.00. The van der Waals surface area contributed by atoms with Gasteiger partial charge >= 0.3 is 0 Å². The smallest absolute Gasteiger partial charge is 0.0656 e. The molecule has 1 nitrogen and oxygen atoms in total. The standard InChI is InChI=1S/C12H12INS/c1-9-3-2-4-11(14-9)6-5-10-7-12(13)15-8-10/h2-4,7-8H,5-6H2,1H3. The summed E-state index contributed by atoms with van der Waals surface area (Å²) >= 11 is 4.17.